The summed E-state index contributed by atoms with van der Waals surface area (Å²) in [4.78, 5) is 14.7. The highest BCUT2D eigenvalue weighted by Gasteiger charge is 2.19. The number of hydrogen-bond acceptors (Lipinski definition) is 5. The molecule has 3 N–H and O–H groups in total. The van der Waals surface area contributed by atoms with Crippen LogP contribution in [0.4, 0.5) is 0 Å². The van der Waals surface area contributed by atoms with E-state index in [9.17, 15) is 4.79 Å². The predicted octanol–water partition coefficient (Wildman–Crippen LogP) is 2.10. The van der Waals surface area contributed by atoms with Crippen LogP contribution in [0.3, 0.4) is 0 Å². The van der Waals surface area contributed by atoms with Crippen LogP contribution in [0.2, 0.25) is 0 Å². The summed E-state index contributed by atoms with van der Waals surface area (Å²) in [5, 5.41) is 9.97. The number of amides is 1. The van der Waals surface area contributed by atoms with Gasteiger partial charge in [-0.2, -0.15) is 5.26 Å². The summed E-state index contributed by atoms with van der Waals surface area (Å²) >= 11 is 1.44. The van der Waals surface area contributed by atoms with Crippen LogP contribution >= 0.6 is 11.3 Å². The number of nitrogens with two attached hydrogens (primary N) is 1. The van der Waals surface area contributed by atoms with Gasteiger partial charge >= 0.3 is 0 Å². The summed E-state index contributed by atoms with van der Waals surface area (Å²) in [5.41, 5.74) is 3.17. The number of hydrogen-bond donors (Lipinski definition) is 2. The fourth-order valence-corrected chi connectivity index (χ4v) is 3.46. The molecule has 1 aromatic heterocycles. The molecule has 1 heterocycles. The molecule has 0 aliphatic heterocycles. The molecule has 21 heavy (non-hydrogen) atoms. The van der Waals surface area contributed by atoms with E-state index in [-0.39, 0.29) is 11.8 Å². The third-order valence-corrected chi connectivity index (χ3v) is 4.48. The number of nitrogens with one attached hydrogen (secondary N) is 1. The van der Waals surface area contributed by atoms with E-state index in [1.165, 1.54) is 11.3 Å². The van der Waals surface area contributed by atoms with Crippen molar-refractivity contribution in [2.75, 3.05) is 13.6 Å². The van der Waals surface area contributed by atoms with Crippen LogP contribution in [-0.2, 0) is 6.54 Å². The van der Waals surface area contributed by atoms with E-state index < -0.39 is 0 Å². The number of thiophene rings is 1. The Kier molecular flexibility index (Phi) is 4.91. The normalized spacial score (nSPS) is 12.3. The second-order valence-corrected chi connectivity index (χ2v) is 6.16. The van der Waals surface area contributed by atoms with Gasteiger partial charge in [0.05, 0.1) is 16.9 Å². The molecule has 110 valence electrons. The van der Waals surface area contributed by atoms with Gasteiger partial charge in [-0.15, -0.1) is 11.3 Å². The van der Waals surface area contributed by atoms with Gasteiger partial charge in [-0.3, -0.25) is 10.2 Å². The van der Waals surface area contributed by atoms with Crippen molar-refractivity contribution in [1.82, 2.24) is 10.3 Å². The van der Waals surface area contributed by atoms with Crippen molar-refractivity contribution in [3.63, 3.8) is 0 Å². The van der Waals surface area contributed by atoms with Crippen molar-refractivity contribution in [3.8, 4) is 6.07 Å². The Morgan fingerprint density at radius 3 is 2.90 bits per heavy atom. The molecule has 1 unspecified atom stereocenters. The van der Waals surface area contributed by atoms with Crippen molar-refractivity contribution >= 4 is 27.3 Å². The molecule has 2 rings (SSSR count). The fourth-order valence-electron chi connectivity index (χ4n) is 2.35. The lowest BCUT2D eigenvalue weighted by atomic mass is 10.1. The van der Waals surface area contributed by atoms with E-state index >= 15 is 0 Å². The molecule has 0 bridgehead atoms. The third kappa shape index (κ3) is 3.39. The van der Waals surface area contributed by atoms with Gasteiger partial charge in [0.1, 0.15) is 0 Å². The van der Waals surface area contributed by atoms with Crippen LogP contribution in [0.25, 0.3) is 10.1 Å². The average molecular weight is 302 g/mol. The molecule has 0 aliphatic carbocycles. The summed E-state index contributed by atoms with van der Waals surface area (Å²) in [6.45, 7) is 3.15. The highest BCUT2D eigenvalue weighted by atomic mass is 32.1. The SMILES string of the molecule is CC(C#N)CN(C)Cc1c(C(=O)NN)sc2ccccc12. The number of rotatable bonds is 5. The summed E-state index contributed by atoms with van der Waals surface area (Å²) in [5.74, 6) is 4.96. The molecule has 0 saturated carbocycles. The lowest BCUT2D eigenvalue weighted by Gasteiger charge is -2.18. The van der Waals surface area contributed by atoms with E-state index in [1.807, 2.05) is 38.2 Å². The van der Waals surface area contributed by atoms with E-state index in [0.717, 1.165) is 15.6 Å². The summed E-state index contributed by atoms with van der Waals surface area (Å²) < 4.78 is 1.06. The Bertz CT molecular complexity index is 689. The summed E-state index contributed by atoms with van der Waals surface area (Å²) in [6, 6.07) is 10.1. The summed E-state index contributed by atoms with van der Waals surface area (Å²) in [7, 11) is 1.95. The van der Waals surface area contributed by atoms with Crippen LogP contribution in [-0.4, -0.2) is 24.4 Å². The largest absolute Gasteiger partial charge is 0.301 e. The Labute approximate surface area is 127 Å². The second kappa shape index (κ2) is 6.68. The second-order valence-electron chi connectivity index (χ2n) is 5.11. The maximum atomic E-state index is 12.0. The van der Waals surface area contributed by atoms with E-state index in [0.29, 0.717) is 18.0 Å². The van der Waals surface area contributed by atoms with Crippen LogP contribution in [0.1, 0.15) is 22.2 Å². The zero-order chi connectivity index (χ0) is 15.4. The van der Waals surface area contributed by atoms with Crippen molar-refractivity contribution in [2.24, 2.45) is 11.8 Å². The van der Waals surface area contributed by atoms with E-state index in [4.69, 9.17) is 11.1 Å². The maximum absolute atomic E-state index is 12.0. The zero-order valence-corrected chi connectivity index (χ0v) is 12.9. The van der Waals surface area contributed by atoms with E-state index in [2.05, 4.69) is 16.4 Å². The van der Waals surface area contributed by atoms with Crippen molar-refractivity contribution in [1.29, 1.82) is 5.26 Å². The molecule has 0 fully saturated rings. The van der Waals surface area contributed by atoms with Gasteiger partial charge in [0.25, 0.3) is 5.91 Å². The molecular weight excluding hydrogens is 284 g/mol. The first kappa shape index (κ1) is 15.4. The highest BCUT2D eigenvalue weighted by molar-refractivity contribution is 7.21. The average Bonchev–Trinajstić information content (AvgIpc) is 2.85. The van der Waals surface area contributed by atoms with Gasteiger partial charge in [-0.25, -0.2) is 5.84 Å². The standard InChI is InChI=1S/C15H18N4OS/c1-10(7-16)8-19(2)9-12-11-5-3-4-6-13(11)21-14(12)15(20)18-17/h3-6,10H,8-9,17H2,1-2H3,(H,18,20). The van der Waals surface area contributed by atoms with Gasteiger partial charge in [-0.05, 0) is 31.0 Å². The van der Waals surface area contributed by atoms with Gasteiger partial charge in [-0.1, -0.05) is 18.2 Å². The van der Waals surface area contributed by atoms with Gasteiger partial charge < -0.3 is 4.90 Å². The van der Waals surface area contributed by atoms with Gasteiger partial charge in [0.15, 0.2) is 0 Å². The minimum atomic E-state index is -0.270. The Morgan fingerprint density at radius 2 is 2.24 bits per heavy atom. The Balaban J connectivity index is 2.36. The number of fused-ring (bicyclic) bond motifs is 1. The predicted molar refractivity (Wildman–Crippen MR) is 84.6 cm³/mol. The van der Waals surface area contributed by atoms with Crippen LogP contribution in [0.15, 0.2) is 24.3 Å². The monoisotopic (exact) mass is 302 g/mol. The van der Waals surface area contributed by atoms with Crippen LogP contribution in [0.5, 0.6) is 0 Å². The molecule has 0 saturated heterocycles. The molecule has 0 radical (unpaired) electrons. The highest BCUT2D eigenvalue weighted by Crippen LogP contribution is 2.32. The third-order valence-electron chi connectivity index (χ3n) is 3.27. The molecule has 1 aromatic carbocycles. The van der Waals surface area contributed by atoms with Crippen molar-refractivity contribution < 1.29 is 4.79 Å². The lowest BCUT2D eigenvalue weighted by Crippen LogP contribution is -2.31. The van der Waals surface area contributed by atoms with Crippen LogP contribution in [0, 0.1) is 17.2 Å². The fraction of sp³-hybridized carbons (Fsp3) is 0.333. The zero-order valence-electron chi connectivity index (χ0n) is 12.1. The quantitative estimate of drug-likeness (QED) is 0.503. The smallest absolute Gasteiger partial charge is 0.275 e. The minimum absolute atomic E-state index is 0.0494. The number of nitrogen functional groups attached to an aromatic ring is 1. The molecule has 6 heteroatoms. The van der Waals surface area contributed by atoms with Crippen LogP contribution < -0.4 is 11.3 Å². The molecule has 2 aromatic rings. The Morgan fingerprint density at radius 1 is 1.52 bits per heavy atom. The first-order valence-electron chi connectivity index (χ1n) is 6.66. The minimum Gasteiger partial charge on any atom is -0.301 e. The van der Waals surface area contributed by atoms with Gasteiger partial charge in [0, 0.05) is 17.8 Å². The molecular formula is C15H18N4OS. The molecule has 5 nitrogen and oxygen atoms in total. The first-order valence-corrected chi connectivity index (χ1v) is 7.48. The maximum Gasteiger partial charge on any atom is 0.275 e. The molecule has 0 spiro atoms. The molecule has 1 amide bonds. The van der Waals surface area contributed by atoms with E-state index in [1.54, 1.807) is 0 Å². The number of nitriles is 1. The molecule has 1 atom stereocenters. The lowest BCUT2D eigenvalue weighted by molar-refractivity contribution is 0.0956. The van der Waals surface area contributed by atoms with Crippen molar-refractivity contribution in [2.45, 2.75) is 13.5 Å². The van der Waals surface area contributed by atoms with Gasteiger partial charge in [0.2, 0.25) is 0 Å². The first-order chi connectivity index (χ1) is 10.1. The molecule has 0 aliphatic rings. The number of carbonyl (C=O) groups excluding carboxylic acids is 1. The number of carbonyl (C=O) groups is 1. The van der Waals surface area contributed by atoms with Crippen molar-refractivity contribution in [3.05, 3.63) is 34.7 Å². The number of hydrazine groups is 1. The Hall–Kier alpha value is -1.94. The summed E-state index contributed by atoms with van der Waals surface area (Å²) in [6.07, 6.45) is 0. The topological polar surface area (TPSA) is 82.2 Å². The number of nitrogens with zero attached hydrogens (tertiary/aromatic N) is 2. The number of benzene rings is 1.